The van der Waals surface area contributed by atoms with Gasteiger partial charge in [-0.2, -0.15) is 0 Å². The molecule has 0 bridgehead atoms. The van der Waals surface area contributed by atoms with Crippen molar-refractivity contribution in [2.24, 2.45) is 0 Å². The molecule has 1 N–H and O–H groups in total. The van der Waals surface area contributed by atoms with Gasteiger partial charge in [-0.25, -0.2) is 13.4 Å². The molecule has 1 aliphatic rings. The first-order valence-corrected chi connectivity index (χ1v) is 10.3. The zero-order valence-electron chi connectivity index (χ0n) is 13.8. The first-order chi connectivity index (χ1) is 11.9. The predicted molar refractivity (Wildman–Crippen MR) is 95.2 cm³/mol. The van der Waals surface area contributed by atoms with E-state index in [1.165, 1.54) is 11.3 Å². The van der Waals surface area contributed by atoms with Crippen LogP contribution in [0.25, 0.3) is 10.6 Å². The fraction of sp³-hybridized carbons (Fsp3) is 0.375. The minimum Gasteiger partial charge on any atom is -0.493 e. The number of nitrogens with one attached hydrogen (secondary N) is 1. The van der Waals surface area contributed by atoms with E-state index < -0.39 is 9.84 Å². The molecule has 1 saturated heterocycles. The Bertz CT molecular complexity index is 892. The zero-order valence-corrected chi connectivity index (χ0v) is 15.4. The molecule has 0 aliphatic carbocycles. The molecule has 0 radical (unpaired) electrons. The number of hydrogen-bond acceptors (Lipinski definition) is 7. The molecule has 1 aromatic carbocycles. The van der Waals surface area contributed by atoms with Crippen LogP contribution < -0.4 is 14.8 Å². The van der Waals surface area contributed by atoms with Crippen molar-refractivity contribution in [1.29, 1.82) is 0 Å². The second kappa shape index (κ2) is 7.01. The maximum Gasteiger partial charge on any atom is 0.271 e. The Morgan fingerprint density at radius 3 is 2.68 bits per heavy atom. The topological polar surface area (TPSA) is 94.6 Å². The lowest BCUT2D eigenvalue weighted by molar-refractivity contribution is 0.0937. The van der Waals surface area contributed by atoms with Crippen molar-refractivity contribution in [3.8, 4) is 22.1 Å². The molecule has 2 heterocycles. The lowest BCUT2D eigenvalue weighted by Gasteiger charge is -2.09. The highest BCUT2D eigenvalue weighted by atomic mass is 32.2. The van der Waals surface area contributed by atoms with Crippen molar-refractivity contribution >= 4 is 27.1 Å². The van der Waals surface area contributed by atoms with E-state index >= 15 is 0 Å². The standard InChI is InChI=1S/C16H18N2O5S2/c1-22-13-4-3-10(7-14(13)23-2)16-18-12(8-24-16)15(19)17-11-5-6-25(20,21)9-11/h3-4,7-8,11H,5-6,9H2,1-2H3,(H,17,19)/t11-/m0/s1. The number of nitrogens with zero attached hydrogens (tertiary/aromatic N) is 1. The molecule has 134 valence electrons. The number of sulfone groups is 1. The normalized spacial score (nSPS) is 18.7. The van der Waals surface area contributed by atoms with Gasteiger partial charge in [0.25, 0.3) is 5.91 Å². The molecular formula is C16H18N2O5S2. The number of amides is 1. The molecular weight excluding hydrogens is 364 g/mol. The summed E-state index contributed by atoms with van der Waals surface area (Å²) in [6.45, 7) is 0. The number of carbonyl (C=O) groups excluding carboxylic acids is 1. The third-order valence-electron chi connectivity index (χ3n) is 3.93. The summed E-state index contributed by atoms with van der Waals surface area (Å²) in [6, 6.07) is 5.07. The van der Waals surface area contributed by atoms with Crippen LogP contribution in [0.3, 0.4) is 0 Å². The summed E-state index contributed by atoms with van der Waals surface area (Å²) in [5, 5.41) is 5.07. The van der Waals surface area contributed by atoms with Crippen molar-refractivity contribution in [3.05, 3.63) is 29.3 Å². The van der Waals surface area contributed by atoms with Crippen LogP contribution in [0.4, 0.5) is 0 Å². The summed E-state index contributed by atoms with van der Waals surface area (Å²) in [5.74, 6) is 0.947. The number of thiazole rings is 1. The predicted octanol–water partition coefficient (Wildman–Crippen LogP) is 1.74. The van der Waals surface area contributed by atoms with Crippen LogP contribution in [0.5, 0.6) is 11.5 Å². The maximum absolute atomic E-state index is 12.3. The van der Waals surface area contributed by atoms with E-state index in [0.717, 1.165) is 5.56 Å². The lowest BCUT2D eigenvalue weighted by Crippen LogP contribution is -2.35. The molecule has 7 nitrogen and oxygen atoms in total. The molecule has 1 aliphatic heterocycles. The molecule has 1 atom stereocenters. The van der Waals surface area contributed by atoms with E-state index in [9.17, 15) is 13.2 Å². The highest BCUT2D eigenvalue weighted by molar-refractivity contribution is 7.91. The second-order valence-electron chi connectivity index (χ2n) is 5.68. The smallest absolute Gasteiger partial charge is 0.271 e. The SMILES string of the molecule is COc1ccc(-c2nc(C(=O)N[C@H]3CCS(=O)(=O)C3)cs2)cc1OC. The first kappa shape index (κ1) is 17.7. The summed E-state index contributed by atoms with van der Waals surface area (Å²) in [4.78, 5) is 16.6. The van der Waals surface area contributed by atoms with Crippen molar-refractivity contribution in [3.63, 3.8) is 0 Å². The molecule has 1 fully saturated rings. The largest absolute Gasteiger partial charge is 0.493 e. The quantitative estimate of drug-likeness (QED) is 0.847. The van der Waals surface area contributed by atoms with E-state index in [4.69, 9.17) is 9.47 Å². The molecule has 1 aromatic heterocycles. The minimum atomic E-state index is -3.03. The van der Waals surface area contributed by atoms with E-state index in [2.05, 4.69) is 10.3 Å². The van der Waals surface area contributed by atoms with Gasteiger partial charge >= 0.3 is 0 Å². The van der Waals surface area contributed by atoms with Crippen molar-refractivity contribution in [1.82, 2.24) is 10.3 Å². The highest BCUT2D eigenvalue weighted by Gasteiger charge is 2.29. The van der Waals surface area contributed by atoms with E-state index in [-0.39, 0.29) is 29.1 Å². The van der Waals surface area contributed by atoms with E-state index in [0.29, 0.717) is 22.9 Å². The summed E-state index contributed by atoms with van der Waals surface area (Å²) in [6.07, 6.45) is 0.445. The van der Waals surface area contributed by atoms with Gasteiger partial charge in [0, 0.05) is 17.0 Å². The number of benzene rings is 1. The Balaban J connectivity index is 1.75. The molecule has 2 aromatic rings. The molecule has 0 unspecified atom stereocenters. The number of ether oxygens (including phenoxy) is 2. The average molecular weight is 382 g/mol. The Morgan fingerprint density at radius 2 is 2.04 bits per heavy atom. The third-order valence-corrected chi connectivity index (χ3v) is 6.59. The van der Waals surface area contributed by atoms with E-state index in [1.807, 2.05) is 6.07 Å². The maximum atomic E-state index is 12.3. The number of hydrogen-bond donors (Lipinski definition) is 1. The Morgan fingerprint density at radius 1 is 1.28 bits per heavy atom. The van der Waals surface area contributed by atoms with Crippen molar-refractivity contribution in [2.45, 2.75) is 12.5 Å². The Labute approximate surface area is 149 Å². The van der Waals surface area contributed by atoms with Crippen LogP contribution in [0.15, 0.2) is 23.6 Å². The van der Waals surface area contributed by atoms with Gasteiger partial charge in [-0.3, -0.25) is 4.79 Å². The van der Waals surface area contributed by atoms with Crippen LogP contribution in [0.2, 0.25) is 0 Å². The lowest BCUT2D eigenvalue weighted by atomic mass is 10.2. The molecule has 1 amide bonds. The van der Waals surface area contributed by atoms with Gasteiger partial charge in [0.15, 0.2) is 21.3 Å². The van der Waals surface area contributed by atoms with Crippen LogP contribution in [-0.4, -0.2) is 51.1 Å². The van der Waals surface area contributed by atoms with Crippen LogP contribution in [0, 0.1) is 0 Å². The number of carbonyl (C=O) groups is 1. The van der Waals surface area contributed by atoms with Crippen molar-refractivity contribution < 1.29 is 22.7 Å². The second-order valence-corrected chi connectivity index (χ2v) is 8.77. The summed E-state index contributed by atoms with van der Waals surface area (Å²) in [7, 11) is 0.0820. The minimum absolute atomic E-state index is 0.00852. The third kappa shape index (κ3) is 3.93. The summed E-state index contributed by atoms with van der Waals surface area (Å²) in [5.41, 5.74) is 1.09. The number of methoxy groups -OCH3 is 2. The molecule has 0 saturated carbocycles. The average Bonchev–Trinajstić information content (AvgIpc) is 3.21. The highest BCUT2D eigenvalue weighted by Crippen LogP contribution is 2.33. The summed E-state index contributed by atoms with van der Waals surface area (Å²) < 4.78 is 33.4. The van der Waals surface area contributed by atoms with Gasteiger partial charge < -0.3 is 14.8 Å². The number of rotatable bonds is 5. The van der Waals surface area contributed by atoms with Crippen LogP contribution in [-0.2, 0) is 9.84 Å². The molecule has 25 heavy (non-hydrogen) atoms. The molecule has 9 heteroatoms. The van der Waals surface area contributed by atoms with Gasteiger partial charge in [0.2, 0.25) is 0 Å². The van der Waals surface area contributed by atoms with E-state index in [1.54, 1.807) is 31.7 Å². The van der Waals surface area contributed by atoms with Crippen LogP contribution >= 0.6 is 11.3 Å². The molecule has 0 spiro atoms. The van der Waals surface area contributed by atoms with Crippen molar-refractivity contribution in [2.75, 3.05) is 25.7 Å². The first-order valence-electron chi connectivity index (χ1n) is 7.61. The van der Waals surface area contributed by atoms with Crippen LogP contribution in [0.1, 0.15) is 16.9 Å². The fourth-order valence-electron chi connectivity index (χ4n) is 2.65. The van der Waals surface area contributed by atoms with Gasteiger partial charge in [0.05, 0.1) is 25.7 Å². The Hall–Kier alpha value is -2.13. The number of aromatic nitrogens is 1. The molecule has 3 rings (SSSR count). The Kier molecular flexibility index (Phi) is 4.96. The van der Waals surface area contributed by atoms with Gasteiger partial charge in [-0.05, 0) is 24.6 Å². The zero-order chi connectivity index (χ0) is 18.0. The monoisotopic (exact) mass is 382 g/mol. The summed E-state index contributed by atoms with van der Waals surface area (Å²) >= 11 is 1.33. The fourth-order valence-corrected chi connectivity index (χ4v) is 5.12. The van der Waals surface area contributed by atoms with Gasteiger partial charge in [-0.1, -0.05) is 0 Å². The van der Waals surface area contributed by atoms with Gasteiger partial charge in [-0.15, -0.1) is 11.3 Å². The van der Waals surface area contributed by atoms with Gasteiger partial charge in [0.1, 0.15) is 10.7 Å².